The number of hydrogen-bond donors (Lipinski definition) is 4. The van der Waals surface area contributed by atoms with E-state index in [0.717, 1.165) is 5.56 Å². The van der Waals surface area contributed by atoms with Crippen molar-refractivity contribution >= 4 is 47.3 Å². The number of carbonyl (C=O) groups excluding carboxylic acids is 8. The largest absolute Gasteiger partial charge is 0.461 e. The SMILES string of the molecule is CC(=O)CCC(NC(=O)C(CCC(=O)NC(CCC(=O)OCc1ccccc1)C(=O)OCc1ccccc1)NC(=O)COCCOCCNC(=O)OC(C)(C)C)C(C)=O. The van der Waals surface area contributed by atoms with Gasteiger partial charge in [-0.1, -0.05) is 60.7 Å². The summed E-state index contributed by atoms with van der Waals surface area (Å²) in [5, 5.41) is 10.2. The van der Waals surface area contributed by atoms with Crippen molar-refractivity contribution in [3.05, 3.63) is 71.8 Å². The highest BCUT2D eigenvalue weighted by Gasteiger charge is 2.28. The van der Waals surface area contributed by atoms with E-state index in [1.165, 1.54) is 13.8 Å². The van der Waals surface area contributed by atoms with Gasteiger partial charge in [0.25, 0.3) is 0 Å². The van der Waals surface area contributed by atoms with Gasteiger partial charge in [0.05, 0.1) is 25.9 Å². The van der Waals surface area contributed by atoms with E-state index < -0.39 is 71.9 Å². The Balaban J connectivity index is 2.02. The van der Waals surface area contributed by atoms with Crippen molar-refractivity contribution in [2.75, 3.05) is 33.0 Å². The zero-order valence-electron chi connectivity index (χ0n) is 34.5. The van der Waals surface area contributed by atoms with Crippen LogP contribution in [0, 0.1) is 0 Å². The third-order valence-electron chi connectivity index (χ3n) is 8.15. The fourth-order valence-corrected chi connectivity index (χ4v) is 5.12. The molecular formula is C42H58N4O13. The minimum atomic E-state index is -1.33. The predicted octanol–water partition coefficient (Wildman–Crippen LogP) is 3.00. The number of amides is 4. The summed E-state index contributed by atoms with van der Waals surface area (Å²) >= 11 is 0. The highest BCUT2D eigenvalue weighted by Crippen LogP contribution is 2.10. The maximum atomic E-state index is 13.4. The number of Topliss-reactive ketones (excluding diaryl/α,β-unsaturated/α-hetero) is 2. The molecule has 59 heavy (non-hydrogen) atoms. The average Bonchev–Trinajstić information content (AvgIpc) is 3.18. The fraction of sp³-hybridized carbons (Fsp3) is 0.524. The molecule has 17 nitrogen and oxygen atoms in total. The summed E-state index contributed by atoms with van der Waals surface area (Å²) in [6.45, 7) is 7.71. The van der Waals surface area contributed by atoms with Gasteiger partial charge in [0, 0.05) is 25.8 Å². The van der Waals surface area contributed by atoms with E-state index in [9.17, 15) is 38.4 Å². The van der Waals surface area contributed by atoms with Crippen LogP contribution in [0.15, 0.2) is 60.7 Å². The van der Waals surface area contributed by atoms with Crippen molar-refractivity contribution in [1.29, 1.82) is 0 Å². The molecule has 0 heterocycles. The van der Waals surface area contributed by atoms with E-state index in [4.69, 9.17) is 23.7 Å². The van der Waals surface area contributed by atoms with Crippen LogP contribution in [0.25, 0.3) is 0 Å². The third-order valence-corrected chi connectivity index (χ3v) is 8.15. The molecule has 0 bridgehead atoms. The lowest BCUT2D eigenvalue weighted by Crippen LogP contribution is -2.52. The molecule has 324 valence electrons. The lowest BCUT2D eigenvalue weighted by molar-refractivity contribution is -0.150. The van der Waals surface area contributed by atoms with E-state index in [1.54, 1.807) is 75.4 Å². The molecule has 3 unspecified atom stereocenters. The van der Waals surface area contributed by atoms with Gasteiger partial charge in [0.15, 0.2) is 5.78 Å². The smallest absolute Gasteiger partial charge is 0.407 e. The molecule has 2 rings (SSSR count). The molecule has 0 aliphatic carbocycles. The van der Waals surface area contributed by atoms with E-state index in [2.05, 4.69) is 21.3 Å². The Morgan fingerprint density at radius 2 is 1.17 bits per heavy atom. The van der Waals surface area contributed by atoms with Crippen LogP contribution in [0.3, 0.4) is 0 Å². The quantitative estimate of drug-likeness (QED) is 0.0578. The predicted molar refractivity (Wildman–Crippen MR) is 213 cm³/mol. The summed E-state index contributed by atoms with van der Waals surface area (Å²) in [5.74, 6) is -4.18. The summed E-state index contributed by atoms with van der Waals surface area (Å²) in [7, 11) is 0. The summed E-state index contributed by atoms with van der Waals surface area (Å²) in [6.07, 6.45) is -1.53. The first-order chi connectivity index (χ1) is 28.0. The first kappa shape index (κ1) is 49.5. The zero-order valence-corrected chi connectivity index (χ0v) is 34.5. The van der Waals surface area contributed by atoms with E-state index in [0.29, 0.717) is 5.56 Å². The standard InChI is InChI=1S/C42H58N4O13/c1-29(47)16-17-33(30(2)48)46-39(52)34(44-37(50)28-56-25-24-55-23-22-43-41(54)59-42(3,4)5)18-20-36(49)45-35(40(53)58-27-32-14-10-7-11-15-32)19-21-38(51)57-26-31-12-8-6-9-13-31/h6-15,33-35H,16-28H2,1-5H3,(H,43,54)(H,44,50)(H,45,49)(H,46,52). The van der Waals surface area contributed by atoms with Gasteiger partial charge in [0.2, 0.25) is 17.7 Å². The molecule has 17 heteroatoms. The number of nitrogens with one attached hydrogen (secondary N) is 4. The van der Waals surface area contributed by atoms with Gasteiger partial charge in [-0.2, -0.15) is 0 Å². The van der Waals surface area contributed by atoms with E-state index in [1.807, 2.05) is 6.07 Å². The number of benzene rings is 2. The first-order valence-electron chi connectivity index (χ1n) is 19.4. The first-order valence-corrected chi connectivity index (χ1v) is 19.4. The van der Waals surface area contributed by atoms with Gasteiger partial charge in [0.1, 0.15) is 43.3 Å². The van der Waals surface area contributed by atoms with Crippen LogP contribution in [-0.4, -0.2) is 104 Å². The van der Waals surface area contributed by atoms with Crippen LogP contribution < -0.4 is 21.3 Å². The molecule has 3 atom stereocenters. The second-order valence-corrected chi connectivity index (χ2v) is 14.6. The molecule has 2 aromatic rings. The Hall–Kier alpha value is -5.68. The molecule has 2 aromatic carbocycles. The average molecular weight is 827 g/mol. The number of hydrogen-bond acceptors (Lipinski definition) is 13. The highest BCUT2D eigenvalue weighted by molar-refractivity contribution is 5.93. The Labute approximate surface area is 344 Å². The molecular weight excluding hydrogens is 768 g/mol. The molecule has 0 fully saturated rings. The second kappa shape index (κ2) is 27.1. The molecule has 0 aliphatic heterocycles. The molecule has 4 N–H and O–H groups in total. The molecule has 0 saturated heterocycles. The van der Waals surface area contributed by atoms with Crippen LogP contribution in [-0.2, 0) is 70.5 Å². The fourth-order valence-electron chi connectivity index (χ4n) is 5.12. The maximum Gasteiger partial charge on any atom is 0.407 e. The number of esters is 2. The van der Waals surface area contributed by atoms with Crippen molar-refractivity contribution in [2.45, 2.75) is 110 Å². The Morgan fingerprint density at radius 3 is 1.76 bits per heavy atom. The van der Waals surface area contributed by atoms with Crippen molar-refractivity contribution in [3.8, 4) is 0 Å². The van der Waals surface area contributed by atoms with Crippen molar-refractivity contribution in [3.63, 3.8) is 0 Å². The third kappa shape index (κ3) is 23.4. The lowest BCUT2D eigenvalue weighted by Gasteiger charge is -2.23. The van der Waals surface area contributed by atoms with Gasteiger partial charge in [-0.3, -0.25) is 24.0 Å². The highest BCUT2D eigenvalue weighted by atomic mass is 16.6. The van der Waals surface area contributed by atoms with Crippen LogP contribution in [0.4, 0.5) is 4.79 Å². The molecule has 4 amide bonds. The summed E-state index contributed by atoms with van der Waals surface area (Å²) in [6, 6.07) is 14.3. The normalized spacial score (nSPS) is 12.5. The Morgan fingerprint density at radius 1 is 0.610 bits per heavy atom. The van der Waals surface area contributed by atoms with E-state index >= 15 is 0 Å². The summed E-state index contributed by atoms with van der Waals surface area (Å²) < 4.78 is 26.7. The molecule has 0 spiro atoms. The monoisotopic (exact) mass is 826 g/mol. The molecule has 0 saturated carbocycles. The van der Waals surface area contributed by atoms with Gasteiger partial charge in [-0.05, 0) is 65.0 Å². The van der Waals surface area contributed by atoms with Crippen LogP contribution in [0.5, 0.6) is 0 Å². The van der Waals surface area contributed by atoms with Gasteiger partial charge in [-0.15, -0.1) is 0 Å². The number of alkyl carbamates (subject to hydrolysis) is 1. The molecule has 0 aromatic heterocycles. The minimum Gasteiger partial charge on any atom is -0.461 e. The number of ether oxygens (including phenoxy) is 5. The van der Waals surface area contributed by atoms with Crippen LogP contribution >= 0.6 is 0 Å². The second-order valence-electron chi connectivity index (χ2n) is 14.6. The Kier molecular flexibility index (Phi) is 22.7. The molecule has 0 aliphatic rings. The van der Waals surface area contributed by atoms with Crippen LogP contribution in [0.2, 0.25) is 0 Å². The molecule has 0 radical (unpaired) electrons. The summed E-state index contributed by atoms with van der Waals surface area (Å²) in [5.41, 5.74) is 0.836. The lowest BCUT2D eigenvalue weighted by atomic mass is 10.0. The number of carbonyl (C=O) groups is 8. The van der Waals surface area contributed by atoms with Crippen LogP contribution in [0.1, 0.15) is 84.3 Å². The van der Waals surface area contributed by atoms with Gasteiger partial charge >= 0.3 is 18.0 Å². The zero-order chi connectivity index (χ0) is 43.6. The number of ketones is 2. The maximum absolute atomic E-state index is 13.4. The topological polar surface area (TPSA) is 231 Å². The van der Waals surface area contributed by atoms with Gasteiger partial charge in [-0.25, -0.2) is 9.59 Å². The van der Waals surface area contributed by atoms with Crippen molar-refractivity contribution in [1.82, 2.24) is 21.3 Å². The van der Waals surface area contributed by atoms with Crippen molar-refractivity contribution < 1.29 is 62.0 Å². The van der Waals surface area contributed by atoms with E-state index in [-0.39, 0.29) is 83.9 Å². The van der Waals surface area contributed by atoms with Gasteiger partial charge < -0.3 is 49.7 Å². The minimum absolute atomic E-state index is 0.00184. The van der Waals surface area contributed by atoms with Crippen molar-refractivity contribution in [2.24, 2.45) is 0 Å². The summed E-state index contributed by atoms with van der Waals surface area (Å²) in [4.78, 5) is 101. The Bertz CT molecular complexity index is 1670. The number of rotatable bonds is 27.